The molecule has 1 N–H and O–H groups in total. The summed E-state index contributed by atoms with van der Waals surface area (Å²) >= 11 is 4.73. The minimum atomic E-state index is -0.447. The largest absolute Gasteiger partial charge is 0.462 e. The molecular weight excluding hydrogens is 438 g/mol. The van der Waals surface area contributed by atoms with Crippen LogP contribution in [0.2, 0.25) is 0 Å². The van der Waals surface area contributed by atoms with E-state index in [0.29, 0.717) is 16.1 Å². The SMILES string of the molecule is CCOC(=O)c1c(-c2ccc(Br)cc2)csc1NC(=O)c1ccc(C)c(C)c1. The van der Waals surface area contributed by atoms with Gasteiger partial charge in [0.05, 0.1) is 6.61 Å². The number of carbonyl (C=O) groups excluding carboxylic acids is 2. The summed E-state index contributed by atoms with van der Waals surface area (Å²) in [6.07, 6.45) is 0. The number of benzene rings is 2. The van der Waals surface area contributed by atoms with Gasteiger partial charge in [0.25, 0.3) is 5.91 Å². The second-order valence-electron chi connectivity index (χ2n) is 6.33. The number of amides is 1. The highest BCUT2D eigenvalue weighted by Crippen LogP contribution is 2.37. The van der Waals surface area contributed by atoms with Crippen LogP contribution in [0.4, 0.5) is 5.00 Å². The molecule has 6 heteroatoms. The van der Waals surface area contributed by atoms with E-state index in [0.717, 1.165) is 26.7 Å². The number of halogens is 1. The molecule has 3 rings (SSSR count). The third-order valence-electron chi connectivity index (χ3n) is 4.42. The molecule has 2 aromatic carbocycles. The molecule has 1 amide bonds. The van der Waals surface area contributed by atoms with E-state index in [1.54, 1.807) is 13.0 Å². The Morgan fingerprint density at radius 2 is 1.79 bits per heavy atom. The van der Waals surface area contributed by atoms with E-state index in [2.05, 4.69) is 21.2 Å². The van der Waals surface area contributed by atoms with Crippen LogP contribution in [-0.4, -0.2) is 18.5 Å². The van der Waals surface area contributed by atoms with Gasteiger partial charge < -0.3 is 10.1 Å². The van der Waals surface area contributed by atoms with E-state index < -0.39 is 5.97 Å². The van der Waals surface area contributed by atoms with Crippen LogP contribution in [0.25, 0.3) is 11.1 Å². The normalized spacial score (nSPS) is 10.6. The number of aryl methyl sites for hydroxylation is 2. The smallest absolute Gasteiger partial charge is 0.341 e. The summed E-state index contributed by atoms with van der Waals surface area (Å²) in [5, 5.41) is 5.24. The molecule has 28 heavy (non-hydrogen) atoms. The summed E-state index contributed by atoms with van der Waals surface area (Å²) < 4.78 is 6.19. The van der Waals surface area contributed by atoms with Crippen molar-refractivity contribution in [2.45, 2.75) is 20.8 Å². The van der Waals surface area contributed by atoms with E-state index in [-0.39, 0.29) is 12.5 Å². The van der Waals surface area contributed by atoms with Gasteiger partial charge in [-0.1, -0.05) is 34.1 Å². The number of hydrogen-bond acceptors (Lipinski definition) is 4. The maximum atomic E-state index is 12.7. The van der Waals surface area contributed by atoms with Crippen molar-refractivity contribution in [1.82, 2.24) is 0 Å². The molecule has 0 unspecified atom stereocenters. The number of ether oxygens (including phenoxy) is 1. The van der Waals surface area contributed by atoms with E-state index in [9.17, 15) is 9.59 Å². The minimum Gasteiger partial charge on any atom is -0.462 e. The molecule has 0 bridgehead atoms. The first-order valence-corrected chi connectivity index (χ1v) is 10.5. The van der Waals surface area contributed by atoms with Crippen molar-refractivity contribution in [1.29, 1.82) is 0 Å². The Bertz CT molecular complexity index is 1020. The molecule has 3 aromatic rings. The van der Waals surface area contributed by atoms with E-state index >= 15 is 0 Å². The predicted molar refractivity (Wildman–Crippen MR) is 117 cm³/mol. The second-order valence-corrected chi connectivity index (χ2v) is 8.13. The number of hydrogen-bond donors (Lipinski definition) is 1. The highest BCUT2D eigenvalue weighted by Gasteiger charge is 2.23. The molecule has 0 spiro atoms. The quantitative estimate of drug-likeness (QED) is 0.462. The Kier molecular flexibility index (Phi) is 6.31. The van der Waals surface area contributed by atoms with E-state index in [1.807, 2.05) is 55.6 Å². The van der Waals surface area contributed by atoms with Crippen molar-refractivity contribution in [2.75, 3.05) is 11.9 Å². The fraction of sp³-hybridized carbons (Fsp3) is 0.182. The molecular formula is C22H20BrNO3S. The molecule has 0 aliphatic carbocycles. The van der Waals surface area contributed by atoms with Crippen molar-refractivity contribution in [2.24, 2.45) is 0 Å². The van der Waals surface area contributed by atoms with Crippen LogP contribution in [0.5, 0.6) is 0 Å². The van der Waals surface area contributed by atoms with Crippen LogP contribution in [0.15, 0.2) is 52.3 Å². The van der Waals surface area contributed by atoms with E-state index in [1.165, 1.54) is 11.3 Å². The Morgan fingerprint density at radius 1 is 1.07 bits per heavy atom. The molecule has 4 nitrogen and oxygen atoms in total. The van der Waals surface area contributed by atoms with Crippen molar-refractivity contribution in [3.63, 3.8) is 0 Å². The van der Waals surface area contributed by atoms with Crippen LogP contribution >= 0.6 is 27.3 Å². The Labute approximate surface area is 176 Å². The Balaban J connectivity index is 1.98. The van der Waals surface area contributed by atoms with Gasteiger partial charge in [-0.15, -0.1) is 11.3 Å². The first-order chi connectivity index (χ1) is 13.4. The zero-order valence-corrected chi connectivity index (χ0v) is 18.2. The van der Waals surface area contributed by atoms with Gasteiger partial charge >= 0.3 is 5.97 Å². The number of esters is 1. The van der Waals surface area contributed by atoms with E-state index in [4.69, 9.17) is 4.74 Å². The number of carbonyl (C=O) groups is 2. The highest BCUT2D eigenvalue weighted by atomic mass is 79.9. The maximum absolute atomic E-state index is 12.7. The van der Waals surface area contributed by atoms with Gasteiger partial charge in [-0.3, -0.25) is 4.79 Å². The average molecular weight is 458 g/mol. The number of rotatable bonds is 5. The molecule has 0 atom stereocenters. The topological polar surface area (TPSA) is 55.4 Å². The standard InChI is InChI=1S/C22H20BrNO3S/c1-4-27-22(26)19-18(15-7-9-17(23)10-8-15)12-28-21(19)24-20(25)16-6-5-13(2)14(3)11-16/h5-12H,4H2,1-3H3,(H,24,25). The highest BCUT2D eigenvalue weighted by molar-refractivity contribution is 9.10. The third kappa shape index (κ3) is 4.34. The van der Waals surface area contributed by atoms with Crippen molar-refractivity contribution >= 4 is 44.1 Å². The first kappa shape index (κ1) is 20.3. The lowest BCUT2D eigenvalue weighted by molar-refractivity contribution is 0.0529. The predicted octanol–water partition coefficient (Wildman–Crippen LogP) is 6.22. The van der Waals surface area contributed by atoms with Gasteiger partial charge in [0.2, 0.25) is 0 Å². The van der Waals surface area contributed by atoms with Crippen LogP contribution in [0.1, 0.15) is 38.8 Å². The zero-order chi connectivity index (χ0) is 20.3. The number of nitrogens with one attached hydrogen (secondary N) is 1. The summed E-state index contributed by atoms with van der Waals surface area (Å²) in [6, 6.07) is 13.2. The summed E-state index contributed by atoms with van der Waals surface area (Å²) in [5.74, 6) is -0.699. The summed E-state index contributed by atoms with van der Waals surface area (Å²) in [6.45, 7) is 5.99. The van der Waals surface area contributed by atoms with Gasteiger partial charge in [-0.25, -0.2) is 4.79 Å². The van der Waals surface area contributed by atoms with Crippen LogP contribution in [0, 0.1) is 13.8 Å². The lowest BCUT2D eigenvalue weighted by Gasteiger charge is -2.10. The first-order valence-electron chi connectivity index (χ1n) is 8.84. The number of thiophene rings is 1. The minimum absolute atomic E-state index is 0.252. The number of anilines is 1. The maximum Gasteiger partial charge on any atom is 0.341 e. The molecule has 1 aromatic heterocycles. The Hall–Kier alpha value is -2.44. The molecule has 0 fully saturated rings. The van der Waals surface area contributed by atoms with Crippen molar-refractivity contribution < 1.29 is 14.3 Å². The van der Waals surface area contributed by atoms with Crippen LogP contribution < -0.4 is 5.32 Å². The van der Waals surface area contributed by atoms with Gasteiger partial charge in [0, 0.05) is 21.0 Å². The monoisotopic (exact) mass is 457 g/mol. The fourth-order valence-electron chi connectivity index (χ4n) is 2.76. The van der Waals surface area contributed by atoms with Gasteiger partial charge in [0.15, 0.2) is 0 Å². The average Bonchev–Trinajstić information content (AvgIpc) is 3.08. The second kappa shape index (κ2) is 8.71. The molecule has 0 aliphatic heterocycles. The lowest BCUT2D eigenvalue weighted by Crippen LogP contribution is -2.15. The van der Waals surface area contributed by atoms with Gasteiger partial charge in [0.1, 0.15) is 10.6 Å². The molecule has 1 heterocycles. The van der Waals surface area contributed by atoms with Gasteiger partial charge in [-0.05, 0) is 61.7 Å². The molecule has 0 radical (unpaired) electrons. The summed E-state index contributed by atoms with van der Waals surface area (Å²) in [5.41, 5.74) is 4.72. The molecule has 0 saturated heterocycles. The fourth-order valence-corrected chi connectivity index (χ4v) is 3.97. The molecule has 144 valence electrons. The van der Waals surface area contributed by atoms with Crippen LogP contribution in [-0.2, 0) is 4.74 Å². The Morgan fingerprint density at radius 3 is 2.43 bits per heavy atom. The van der Waals surface area contributed by atoms with Crippen molar-refractivity contribution in [3.05, 3.63) is 74.6 Å². The third-order valence-corrected chi connectivity index (χ3v) is 5.85. The molecule has 0 saturated carbocycles. The van der Waals surface area contributed by atoms with Crippen LogP contribution in [0.3, 0.4) is 0 Å². The lowest BCUT2D eigenvalue weighted by atomic mass is 10.0. The molecule has 0 aliphatic rings. The van der Waals surface area contributed by atoms with Gasteiger partial charge in [-0.2, -0.15) is 0 Å². The summed E-state index contributed by atoms with van der Waals surface area (Å²) in [4.78, 5) is 25.4. The zero-order valence-electron chi connectivity index (χ0n) is 15.8. The summed E-state index contributed by atoms with van der Waals surface area (Å²) in [7, 11) is 0. The van der Waals surface area contributed by atoms with Crippen molar-refractivity contribution in [3.8, 4) is 11.1 Å².